The molecule has 0 amide bonds. The second kappa shape index (κ2) is 7.49. The van der Waals surface area contributed by atoms with E-state index in [1.165, 1.54) is 6.07 Å². The fraction of sp³-hybridized carbons (Fsp3) is 0.600. The molecule has 0 fully saturated rings. The van der Waals surface area contributed by atoms with Crippen molar-refractivity contribution in [1.29, 1.82) is 0 Å². The molecule has 0 aliphatic carbocycles. The van der Waals surface area contributed by atoms with Crippen molar-refractivity contribution in [1.82, 2.24) is 10.2 Å². The SMILES string of the molecule is CCN(CC)CCC(NC)c1cc(F)ccc1C. The third-order valence-electron chi connectivity index (χ3n) is 3.59. The van der Waals surface area contributed by atoms with Crippen LogP contribution in [0, 0.1) is 12.7 Å². The molecule has 3 heteroatoms. The van der Waals surface area contributed by atoms with E-state index in [9.17, 15) is 4.39 Å². The van der Waals surface area contributed by atoms with E-state index >= 15 is 0 Å². The van der Waals surface area contributed by atoms with E-state index in [1.54, 1.807) is 6.07 Å². The number of nitrogens with zero attached hydrogens (tertiary/aromatic N) is 1. The van der Waals surface area contributed by atoms with Crippen LogP contribution in [0.3, 0.4) is 0 Å². The molecule has 2 nitrogen and oxygen atoms in total. The Labute approximate surface area is 110 Å². The minimum Gasteiger partial charge on any atom is -0.313 e. The first kappa shape index (κ1) is 15.1. The van der Waals surface area contributed by atoms with E-state index < -0.39 is 0 Å². The van der Waals surface area contributed by atoms with Gasteiger partial charge in [-0.2, -0.15) is 0 Å². The fourth-order valence-corrected chi connectivity index (χ4v) is 2.29. The Morgan fingerprint density at radius 3 is 2.50 bits per heavy atom. The summed E-state index contributed by atoms with van der Waals surface area (Å²) in [5.74, 6) is -0.154. The summed E-state index contributed by atoms with van der Waals surface area (Å²) in [6.45, 7) is 9.55. The average Bonchev–Trinajstić information content (AvgIpc) is 2.38. The molecule has 1 rings (SSSR count). The van der Waals surface area contributed by atoms with Crippen LogP contribution in [0.5, 0.6) is 0 Å². The van der Waals surface area contributed by atoms with Crippen LogP contribution in [-0.2, 0) is 0 Å². The van der Waals surface area contributed by atoms with Crippen molar-refractivity contribution in [3.63, 3.8) is 0 Å². The summed E-state index contributed by atoms with van der Waals surface area (Å²) in [5, 5.41) is 3.30. The molecule has 0 heterocycles. The lowest BCUT2D eigenvalue weighted by Crippen LogP contribution is -2.28. The third-order valence-corrected chi connectivity index (χ3v) is 3.59. The van der Waals surface area contributed by atoms with Crippen LogP contribution >= 0.6 is 0 Å². The molecule has 1 N–H and O–H groups in total. The van der Waals surface area contributed by atoms with Crippen LogP contribution in [0.2, 0.25) is 0 Å². The monoisotopic (exact) mass is 252 g/mol. The maximum Gasteiger partial charge on any atom is 0.123 e. The Hall–Kier alpha value is -0.930. The van der Waals surface area contributed by atoms with Crippen molar-refractivity contribution in [2.24, 2.45) is 0 Å². The lowest BCUT2D eigenvalue weighted by atomic mass is 9.98. The molecule has 1 atom stereocenters. The zero-order chi connectivity index (χ0) is 13.5. The van der Waals surface area contributed by atoms with Gasteiger partial charge < -0.3 is 10.2 Å². The van der Waals surface area contributed by atoms with E-state index in [-0.39, 0.29) is 11.9 Å². The minimum atomic E-state index is -0.154. The maximum atomic E-state index is 13.3. The number of hydrogen-bond acceptors (Lipinski definition) is 2. The zero-order valence-electron chi connectivity index (χ0n) is 12.0. The van der Waals surface area contributed by atoms with E-state index in [4.69, 9.17) is 0 Å². The van der Waals surface area contributed by atoms with Crippen LogP contribution in [0.4, 0.5) is 4.39 Å². The molecule has 0 radical (unpaired) electrons. The van der Waals surface area contributed by atoms with Gasteiger partial charge in [0.1, 0.15) is 5.82 Å². The van der Waals surface area contributed by atoms with Crippen LogP contribution < -0.4 is 5.32 Å². The highest BCUT2D eigenvalue weighted by Gasteiger charge is 2.13. The molecule has 102 valence electrons. The predicted octanol–water partition coefficient (Wildman–Crippen LogP) is 3.13. The number of halogens is 1. The predicted molar refractivity (Wildman–Crippen MR) is 75.3 cm³/mol. The third kappa shape index (κ3) is 4.07. The second-order valence-electron chi connectivity index (χ2n) is 4.66. The van der Waals surface area contributed by atoms with Crippen molar-refractivity contribution >= 4 is 0 Å². The molecule has 18 heavy (non-hydrogen) atoms. The van der Waals surface area contributed by atoms with Crippen molar-refractivity contribution in [3.05, 3.63) is 35.1 Å². The van der Waals surface area contributed by atoms with Gasteiger partial charge in [-0.05, 0) is 63.3 Å². The summed E-state index contributed by atoms with van der Waals surface area (Å²) in [5.41, 5.74) is 2.22. The van der Waals surface area contributed by atoms with Crippen molar-refractivity contribution in [3.8, 4) is 0 Å². The van der Waals surface area contributed by atoms with E-state index in [2.05, 4.69) is 24.1 Å². The van der Waals surface area contributed by atoms with E-state index in [0.29, 0.717) is 0 Å². The zero-order valence-corrected chi connectivity index (χ0v) is 12.0. The highest BCUT2D eigenvalue weighted by atomic mass is 19.1. The Bertz CT molecular complexity index is 362. The van der Waals surface area contributed by atoms with Gasteiger partial charge in [0.05, 0.1) is 0 Å². The smallest absolute Gasteiger partial charge is 0.123 e. The Balaban J connectivity index is 2.73. The number of aryl methyl sites for hydroxylation is 1. The maximum absolute atomic E-state index is 13.3. The Morgan fingerprint density at radius 2 is 1.94 bits per heavy atom. The first-order chi connectivity index (χ1) is 8.62. The molecule has 0 bridgehead atoms. The highest BCUT2D eigenvalue weighted by molar-refractivity contribution is 5.29. The van der Waals surface area contributed by atoms with Gasteiger partial charge in [-0.25, -0.2) is 4.39 Å². The van der Waals surface area contributed by atoms with Gasteiger partial charge in [-0.1, -0.05) is 19.9 Å². The number of hydrogen-bond donors (Lipinski definition) is 1. The number of benzene rings is 1. The lowest BCUT2D eigenvalue weighted by Gasteiger charge is -2.24. The summed E-state index contributed by atoms with van der Waals surface area (Å²) in [6.07, 6.45) is 1.00. The number of rotatable bonds is 7. The highest BCUT2D eigenvalue weighted by Crippen LogP contribution is 2.21. The standard InChI is InChI=1S/C15H25FN2/c1-5-18(6-2)10-9-15(17-4)14-11-13(16)8-7-12(14)3/h7-8,11,15,17H,5-6,9-10H2,1-4H3. The molecule has 1 aromatic rings. The van der Waals surface area contributed by atoms with Gasteiger partial charge >= 0.3 is 0 Å². The van der Waals surface area contributed by atoms with Crippen molar-refractivity contribution < 1.29 is 4.39 Å². The molecular weight excluding hydrogens is 227 g/mol. The van der Waals surface area contributed by atoms with Gasteiger partial charge in [-0.15, -0.1) is 0 Å². The largest absolute Gasteiger partial charge is 0.313 e. The average molecular weight is 252 g/mol. The quantitative estimate of drug-likeness (QED) is 0.802. The van der Waals surface area contributed by atoms with Gasteiger partial charge in [0.15, 0.2) is 0 Å². The molecule has 0 saturated heterocycles. The molecule has 1 aromatic carbocycles. The summed E-state index contributed by atoms with van der Waals surface area (Å²) in [7, 11) is 1.94. The second-order valence-corrected chi connectivity index (χ2v) is 4.66. The van der Waals surface area contributed by atoms with Crippen LogP contribution in [-0.4, -0.2) is 31.6 Å². The minimum absolute atomic E-state index is 0.154. The van der Waals surface area contributed by atoms with Crippen molar-refractivity contribution in [2.45, 2.75) is 33.2 Å². The summed E-state index contributed by atoms with van der Waals surface area (Å²) >= 11 is 0. The fourth-order valence-electron chi connectivity index (χ4n) is 2.29. The Kier molecular flexibility index (Phi) is 6.30. The normalized spacial score (nSPS) is 13.0. The van der Waals surface area contributed by atoms with Crippen LogP contribution in [0.25, 0.3) is 0 Å². The van der Waals surface area contributed by atoms with Gasteiger partial charge in [-0.3, -0.25) is 0 Å². The molecule has 0 aliphatic rings. The lowest BCUT2D eigenvalue weighted by molar-refractivity contribution is 0.284. The van der Waals surface area contributed by atoms with Crippen molar-refractivity contribution in [2.75, 3.05) is 26.7 Å². The van der Waals surface area contributed by atoms with E-state index in [0.717, 1.165) is 37.2 Å². The molecule has 0 saturated carbocycles. The Morgan fingerprint density at radius 1 is 1.28 bits per heavy atom. The van der Waals surface area contributed by atoms with Crippen LogP contribution in [0.15, 0.2) is 18.2 Å². The summed E-state index contributed by atoms with van der Waals surface area (Å²) < 4.78 is 13.3. The summed E-state index contributed by atoms with van der Waals surface area (Å²) in [6, 6.07) is 5.25. The van der Waals surface area contributed by atoms with Crippen LogP contribution in [0.1, 0.15) is 37.4 Å². The molecule has 0 spiro atoms. The van der Waals surface area contributed by atoms with E-state index in [1.807, 2.05) is 20.0 Å². The molecule has 0 aliphatic heterocycles. The molecule has 1 unspecified atom stereocenters. The van der Waals surface area contributed by atoms with Gasteiger partial charge in [0.25, 0.3) is 0 Å². The molecular formula is C15H25FN2. The summed E-state index contributed by atoms with van der Waals surface area (Å²) in [4.78, 5) is 2.39. The van der Waals surface area contributed by atoms with Gasteiger partial charge in [0, 0.05) is 6.04 Å². The number of nitrogens with one attached hydrogen (secondary N) is 1. The van der Waals surface area contributed by atoms with Gasteiger partial charge in [0.2, 0.25) is 0 Å². The first-order valence-corrected chi connectivity index (χ1v) is 6.78. The topological polar surface area (TPSA) is 15.3 Å². The molecule has 0 aromatic heterocycles. The first-order valence-electron chi connectivity index (χ1n) is 6.78.